The Balaban J connectivity index is 1.56. The number of likely N-dealkylation sites (N-methyl/N-ethyl adjacent to an activating group) is 1. The molecule has 1 saturated carbocycles. The third-order valence-electron chi connectivity index (χ3n) is 14.6. The number of benzene rings is 2. The van der Waals surface area contributed by atoms with E-state index in [-0.39, 0.29) is 75.5 Å². The molecule has 0 aromatic heterocycles. The Bertz CT molecular complexity index is 2680. The third-order valence-corrected chi connectivity index (χ3v) is 17.9. The van der Waals surface area contributed by atoms with Crippen LogP contribution in [0.25, 0.3) is 0 Å². The average molecular weight is 1200 g/mol. The van der Waals surface area contributed by atoms with Crippen molar-refractivity contribution in [1.82, 2.24) is 41.7 Å². The van der Waals surface area contributed by atoms with Gasteiger partial charge >= 0.3 is 0 Å². The van der Waals surface area contributed by atoms with Crippen molar-refractivity contribution in [2.24, 2.45) is 33.7 Å². The summed E-state index contributed by atoms with van der Waals surface area (Å²) in [6.07, 6.45) is 0.480. The van der Waals surface area contributed by atoms with Crippen LogP contribution in [-0.4, -0.2) is 176 Å². The quantitative estimate of drug-likeness (QED) is 0.0281. The molecule has 0 radical (unpaired) electrons. The first-order chi connectivity index (χ1) is 39.4. The first-order valence-corrected chi connectivity index (χ1v) is 29.8. The summed E-state index contributed by atoms with van der Waals surface area (Å²) >= 11 is 0. The molecule has 1 aliphatic carbocycles. The number of carbonyl (C=O) groups excluding carboxylic acids is 11. The largest absolute Gasteiger partial charge is 0.508 e. The third kappa shape index (κ3) is 20.3. The van der Waals surface area contributed by atoms with Crippen LogP contribution in [0.5, 0.6) is 5.75 Å². The maximum atomic E-state index is 15.1. The monoisotopic (exact) mass is 1190 g/mol. The highest BCUT2D eigenvalue weighted by Gasteiger charge is 2.43. The number of hydrogen-bond donors (Lipinski definition) is 13. The maximum absolute atomic E-state index is 15.1. The zero-order valence-electron chi connectivity index (χ0n) is 46.6. The number of hydrogen-bond acceptors (Lipinski definition) is 16. The first kappa shape index (κ1) is 66.1. The number of likely N-dealkylation sites (tertiary alicyclic amines) is 1. The molecular weight excluding hydrogens is 1120 g/mol. The average Bonchev–Trinajstić information content (AvgIpc) is 4.12. The van der Waals surface area contributed by atoms with Crippen LogP contribution < -0.4 is 60.6 Å². The van der Waals surface area contributed by atoms with E-state index in [1.54, 1.807) is 42.5 Å². The van der Waals surface area contributed by atoms with Crippen LogP contribution in [0, 0.1) is 0 Å². The van der Waals surface area contributed by atoms with Gasteiger partial charge in [0.1, 0.15) is 54.1 Å². The lowest BCUT2D eigenvalue weighted by Gasteiger charge is -2.38. The number of phenols is 1. The van der Waals surface area contributed by atoms with Gasteiger partial charge in [-0.05, 0) is 75.1 Å². The number of primary amides is 3. The minimum absolute atomic E-state index is 0.00808. The fraction of sp³-hybridized carbons (Fsp3) is 0.556. The zero-order valence-corrected chi connectivity index (χ0v) is 48.2. The van der Waals surface area contributed by atoms with Crippen LogP contribution in [0.2, 0.25) is 0 Å². The molecule has 29 heteroatoms. The van der Waals surface area contributed by atoms with Gasteiger partial charge in [-0.25, -0.2) is 0 Å². The van der Waals surface area contributed by atoms with Gasteiger partial charge in [0.2, 0.25) is 65.0 Å². The van der Waals surface area contributed by atoms with Gasteiger partial charge in [-0.1, -0.05) is 83.3 Å². The number of rotatable bonds is 20. The van der Waals surface area contributed by atoms with Gasteiger partial charge in [-0.15, -0.1) is 0 Å². The summed E-state index contributed by atoms with van der Waals surface area (Å²) in [5, 5.41) is 35.8. The number of carbonyl (C=O) groups is 11. The molecule has 27 nitrogen and oxygen atoms in total. The lowest BCUT2D eigenvalue weighted by molar-refractivity contribution is -0.142. The molecule has 1 spiro atoms. The van der Waals surface area contributed by atoms with E-state index < -0.39 is 143 Å². The molecule has 454 valence electrons. The van der Waals surface area contributed by atoms with Gasteiger partial charge in [0.15, 0.2) is 5.96 Å². The van der Waals surface area contributed by atoms with Crippen LogP contribution in [0.4, 0.5) is 0 Å². The molecule has 18 N–H and O–H groups in total. The smallest absolute Gasteiger partial charge is 0.246 e. The Morgan fingerprint density at radius 2 is 1.40 bits per heavy atom. The molecule has 2 saturated heterocycles. The highest BCUT2D eigenvalue weighted by molar-refractivity contribution is 8.77. The number of aliphatic hydroxyl groups excluding tert-OH is 1. The number of aliphatic hydroxyl groups is 1. The van der Waals surface area contributed by atoms with Gasteiger partial charge < -0.3 is 80.6 Å². The SMILES string of the molecule is C[C@H](O)[C@H](NC(=O)[C@H](CCCN=C(N)N)NC(=O)[C@@H]1CCCN1C(=O)[C@H]1CSSC2(CCCCC2)CC(=O)N(C)[C@@H](Cc2ccc(O)cc2)C(=O)N[C@H](Cc2ccccc2)C(=O)N[C@@H](CCC(N)=O)C(=O)N[C@H](CC(N)=O)C(=O)N1)C(N)=O. The van der Waals surface area contributed by atoms with E-state index >= 15 is 4.79 Å². The molecule has 0 unspecified atom stereocenters. The van der Waals surface area contributed by atoms with Gasteiger partial charge in [-0.2, -0.15) is 0 Å². The van der Waals surface area contributed by atoms with Gasteiger partial charge in [-0.3, -0.25) is 57.7 Å². The Morgan fingerprint density at radius 1 is 0.771 bits per heavy atom. The lowest BCUT2D eigenvalue weighted by Crippen LogP contribution is -2.61. The molecule has 2 aromatic carbocycles. The molecular formula is C54H78N14O13S2. The standard InChI is InChI=1S/C54H78N14O13S2/c1-30(69)44(45(57)74)66-47(76)34(13-9-23-60-53(58)59)62-50(79)39-14-10-24-68(39)52(81)38-29-82-83-54(21-7-4-8-22-54)28-43(73)67(2)40(26-32-15-17-33(70)18-16-32)51(80)64-36(25-31-11-5-3-6-12-31)48(77)61-35(19-20-41(55)71)46(75)63-37(27-42(56)72)49(78)65-38/h3,5-6,11-12,15-18,30,34-40,44,69-70H,4,7-10,13-14,19-29H2,1-2H3,(H2,55,71)(H2,56,72)(H2,57,74)(H,61,77)(H,62,79)(H,63,75)(H,64,80)(H,65,78)(H,66,76)(H4,58,59,60)/t30-,34-,35-,36+,37+,38+,39-,40-,44-/m0/s1. The minimum atomic E-state index is -1.80. The van der Waals surface area contributed by atoms with E-state index in [9.17, 15) is 58.2 Å². The summed E-state index contributed by atoms with van der Waals surface area (Å²) in [5.41, 5.74) is 28.7. The predicted molar refractivity (Wildman–Crippen MR) is 308 cm³/mol. The molecule has 3 aliphatic rings. The molecule has 11 amide bonds. The Hall–Kier alpha value is -7.66. The number of aliphatic imine (C=N–C) groups is 1. The van der Waals surface area contributed by atoms with Crippen molar-refractivity contribution >= 4 is 92.5 Å². The molecule has 5 rings (SSSR count). The second-order valence-corrected chi connectivity index (χ2v) is 23.9. The summed E-state index contributed by atoms with van der Waals surface area (Å²) < 4.78 is -0.779. The first-order valence-electron chi connectivity index (χ1n) is 27.5. The van der Waals surface area contributed by atoms with Crippen molar-refractivity contribution in [3.8, 4) is 5.75 Å². The van der Waals surface area contributed by atoms with E-state index in [1.165, 1.54) is 46.7 Å². The number of aromatic hydroxyl groups is 1. The van der Waals surface area contributed by atoms with Crippen LogP contribution in [0.15, 0.2) is 59.6 Å². The molecule has 2 heterocycles. The summed E-state index contributed by atoms with van der Waals surface area (Å²) in [5.74, 6) is -10.1. The Labute approximate surface area is 488 Å². The summed E-state index contributed by atoms with van der Waals surface area (Å²) in [6, 6.07) is 2.94. The Kier molecular flexibility index (Phi) is 25.2. The van der Waals surface area contributed by atoms with E-state index in [2.05, 4.69) is 36.9 Å². The predicted octanol–water partition coefficient (Wildman–Crippen LogP) is -2.55. The van der Waals surface area contributed by atoms with Crippen molar-refractivity contribution in [3.63, 3.8) is 0 Å². The van der Waals surface area contributed by atoms with E-state index in [1.807, 2.05) is 0 Å². The van der Waals surface area contributed by atoms with Crippen molar-refractivity contribution < 1.29 is 63.0 Å². The number of nitrogens with zero attached hydrogens (tertiary/aromatic N) is 3. The highest BCUT2D eigenvalue weighted by Crippen LogP contribution is 2.49. The van der Waals surface area contributed by atoms with Crippen LogP contribution in [0.3, 0.4) is 0 Å². The van der Waals surface area contributed by atoms with Crippen LogP contribution in [0.1, 0.15) is 102 Å². The van der Waals surface area contributed by atoms with Gasteiger partial charge in [0, 0.05) is 56.3 Å². The van der Waals surface area contributed by atoms with Crippen LogP contribution >= 0.6 is 21.6 Å². The number of nitrogens with one attached hydrogen (secondary N) is 6. The minimum Gasteiger partial charge on any atom is -0.508 e. The fourth-order valence-corrected chi connectivity index (χ4v) is 13.4. The highest BCUT2D eigenvalue weighted by atomic mass is 33.1. The normalized spacial score (nSPS) is 23.2. The van der Waals surface area contributed by atoms with Crippen molar-refractivity contribution in [2.75, 3.05) is 25.9 Å². The molecule has 3 fully saturated rings. The summed E-state index contributed by atoms with van der Waals surface area (Å²) in [4.78, 5) is 160. The molecule has 9 atom stereocenters. The zero-order chi connectivity index (χ0) is 61.0. The fourth-order valence-electron chi connectivity index (χ4n) is 10.1. The maximum Gasteiger partial charge on any atom is 0.246 e. The molecule has 2 aliphatic heterocycles. The van der Waals surface area contributed by atoms with Gasteiger partial charge in [0.05, 0.1) is 12.5 Å². The summed E-state index contributed by atoms with van der Waals surface area (Å²) in [6.45, 7) is 1.27. The second-order valence-electron chi connectivity index (χ2n) is 21.1. The van der Waals surface area contributed by atoms with Crippen LogP contribution in [-0.2, 0) is 65.6 Å². The van der Waals surface area contributed by atoms with Gasteiger partial charge in [0.25, 0.3) is 0 Å². The van der Waals surface area contributed by atoms with E-state index in [4.69, 9.17) is 28.7 Å². The number of amides is 11. The lowest BCUT2D eigenvalue weighted by atomic mass is 9.85. The second kappa shape index (κ2) is 31.7. The molecule has 2 aromatic rings. The summed E-state index contributed by atoms with van der Waals surface area (Å²) in [7, 11) is 3.96. The number of guanidine groups is 1. The molecule has 83 heavy (non-hydrogen) atoms. The van der Waals surface area contributed by atoms with Crippen molar-refractivity contribution in [1.29, 1.82) is 0 Å². The number of nitrogens with two attached hydrogens (primary N) is 5. The topological polar surface area (TPSA) is 449 Å². The van der Waals surface area contributed by atoms with E-state index in [0.717, 1.165) is 30.1 Å². The Morgan fingerprint density at radius 3 is 2.02 bits per heavy atom. The number of phenolic OH excluding ortho intramolecular Hbond substituents is 1. The van der Waals surface area contributed by atoms with Crippen molar-refractivity contribution in [2.45, 2.75) is 162 Å². The molecule has 0 bridgehead atoms. The van der Waals surface area contributed by atoms with Crippen molar-refractivity contribution in [3.05, 3.63) is 65.7 Å². The van der Waals surface area contributed by atoms with E-state index in [0.29, 0.717) is 24.0 Å².